The van der Waals surface area contributed by atoms with Gasteiger partial charge in [-0.05, 0) is 16.8 Å². The molecule has 5 heteroatoms. The number of hydrogen-bond acceptors (Lipinski definition) is 2. The first-order chi connectivity index (χ1) is 8.48. The molecule has 0 atom stereocenters. The molecule has 3 nitrogen and oxygen atoms in total. The van der Waals surface area contributed by atoms with Crippen molar-refractivity contribution in [1.29, 1.82) is 0 Å². The molecule has 1 N–H and O–H groups in total. The van der Waals surface area contributed by atoms with Gasteiger partial charge in [0.1, 0.15) is 5.75 Å². The van der Waals surface area contributed by atoms with Crippen molar-refractivity contribution in [2.45, 2.75) is 5.92 Å². The zero-order chi connectivity index (χ0) is 13.3. The molecule has 2 rings (SSSR count). The third-order valence-electron chi connectivity index (χ3n) is 2.69. The summed E-state index contributed by atoms with van der Waals surface area (Å²) < 4.78 is 32.4. The van der Waals surface area contributed by atoms with E-state index in [0.29, 0.717) is 5.39 Å². The number of halogens is 2. The molecule has 0 heterocycles. The Hall–Kier alpha value is -2.17. The molecule has 0 saturated carbocycles. The molecule has 0 aromatic heterocycles. The molecule has 18 heavy (non-hydrogen) atoms. The van der Waals surface area contributed by atoms with Crippen LogP contribution in [0.4, 0.5) is 8.78 Å². The maximum atomic E-state index is 13.8. The van der Waals surface area contributed by atoms with E-state index in [2.05, 4.69) is 0 Å². The van der Waals surface area contributed by atoms with Crippen molar-refractivity contribution in [3.05, 3.63) is 42.0 Å². The van der Waals surface area contributed by atoms with Crippen LogP contribution in [0.15, 0.2) is 36.4 Å². The van der Waals surface area contributed by atoms with Crippen molar-refractivity contribution in [2.75, 3.05) is 7.11 Å². The van der Waals surface area contributed by atoms with E-state index in [1.54, 1.807) is 24.3 Å². The first kappa shape index (κ1) is 12.3. The summed E-state index contributed by atoms with van der Waals surface area (Å²) in [4.78, 5) is 10.7. The summed E-state index contributed by atoms with van der Waals surface area (Å²) in [6.45, 7) is 0. The average molecular weight is 252 g/mol. The predicted octanol–water partition coefficient (Wildman–Crippen LogP) is 3.02. The summed E-state index contributed by atoms with van der Waals surface area (Å²) in [7, 11) is 1.23. The second-order valence-corrected chi connectivity index (χ2v) is 3.74. The third-order valence-corrected chi connectivity index (χ3v) is 2.69. The van der Waals surface area contributed by atoms with Gasteiger partial charge in [-0.15, -0.1) is 0 Å². The molecule has 0 aliphatic rings. The second-order valence-electron chi connectivity index (χ2n) is 3.74. The minimum absolute atomic E-state index is 0.138. The van der Waals surface area contributed by atoms with Crippen molar-refractivity contribution < 1.29 is 23.4 Å². The first-order valence-corrected chi connectivity index (χ1v) is 5.16. The first-order valence-electron chi connectivity index (χ1n) is 5.16. The molecule has 94 valence electrons. The smallest absolute Gasteiger partial charge is 0.379 e. The van der Waals surface area contributed by atoms with Gasteiger partial charge >= 0.3 is 11.9 Å². The minimum atomic E-state index is -3.99. The highest BCUT2D eigenvalue weighted by Gasteiger charge is 2.44. The number of ether oxygens (including phenoxy) is 1. The highest BCUT2D eigenvalue weighted by Crippen LogP contribution is 2.40. The van der Waals surface area contributed by atoms with Gasteiger partial charge in [0.2, 0.25) is 0 Å². The topological polar surface area (TPSA) is 46.5 Å². The zero-order valence-corrected chi connectivity index (χ0v) is 9.48. The number of rotatable bonds is 3. The highest BCUT2D eigenvalue weighted by molar-refractivity contribution is 5.93. The summed E-state index contributed by atoms with van der Waals surface area (Å²) in [6, 6.07) is 9.30. The van der Waals surface area contributed by atoms with E-state index in [4.69, 9.17) is 9.84 Å². The van der Waals surface area contributed by atoms with E-state index >= 15 is 0 Å². The third kappa shape index (κ3) is 1.77. The summed E-state index contributed by atoms with van der Waals surface area (Å²) in [5.41, 5.74) is -0.615. The molecule has 0 bridgehead atoms. The van der Waals surface area contributed by atoms with E-state index in [1.807, 2.05) is 0 Å². The number of carbonyl (C=O) groups is 1. The molecule has 0 fully saturated rings. The Morgan fingerprint density at radius 3 is 2.50 bits per heavy atom. The van der Waals surface area contributed by atoms with Crippen LogP contribution in [-0.2, 0) is 10.7 Å². The maximum Gasteiger partial charge on any atom is 0.379 e. The molecule has 0 aliphatic heterocycles. The van der Waals surface area contributed by atoms with Crippen LogP contribution in [-0.4, -0.2) is 18.2 Å². The quantitative estimate of drug-likeness (QED) is 0.913. The van der Waals surface area contributed by atoms with E-state index < -0.39 is 17.5 Å². The number of hydrogen-bond donors (Lipinski definition) is 1. The van der Waals surface area contributed by atoms with Crippen LogP contribution >= 0.6 is 0 Å². The minimum Gasteiger partial charge on any atom is -0.496 e. The fourth-order valence-corrected chi connectivity index (χ4v) is 1.85. The van der Waals surface area contributed by atoms with Crippen molar-refractivity contribution in [3.63, 3.8) is 0 Å². The fraction of sp³-hybridized carbons (Fsp3) is 0.154. The number of carboxylic acids is 1. The Kier molecular flexibility index (Phi) is 2.90. The molecule has 0 spiro atoms. The Morgan fingerprint density at radius 2 is 1.89 bits per heavy atom. The van der Waals surface area contributed by atoms with Gasteiger partial charge in [0, 0.05) is 0 Å². The van der Waals surface area contributed by atoms with Crippen molar-refractivity contribution in [1.82, 2.24) is 0 Å². The van der Waals surface area contributed by atoms with Gasteiger partial charge in [-0.2, -0.15) is 8.78 Å². The van der Waals surface area contributed by atoms with Crippen LogP contribution in [0, 0.1) is 0 Å². The lowest BCUT2D eigenvalue weighted by Gasteiger charge is -2.17. The molecule has 0 radical (unpaired) electrons. The van der Waals surface area contributed by atoms with Crippen LogP contribution in [0.2, 0.25) is 0 Å². The van der Waals surface area contributed by atoms with Crippen molar-refractivity contribution in [3.8, 4) is 5.75 Å². The van der Waals surface area contributed by atoms with Gasteiger partial charge in [0.25, 0.3) is 0 Å². The molecule has 2 aromatic rings. The lowest BCUT2D eigenvalue weighted by molar-refractivity contribution is -0.166. The van der Waals surface area contributed by atoms with Gasteiger partial charge in [-0.1, -0.05) is 30.3 Å². The van der Waals surface area contributed by atoms with Crippen molar-refractivity contribution >= 4 is 16.7 Å². The van der Waals surface area contributed by atoms with Crippen LogP contribution in [0.5, 0.6) is 5.75 Å². The molecule has 2 aromatic carbocycles. The Labute approximate surface area is 102 Å². The Bertz CT molecular complexity index is 608. The number of aliphatic carboxylic acids is 1. The lowest BCUT2D eigenvalue weighted by Crippen LogP contribution is -2.26. The highest BCUT2D eigenvalue weighted by atomic mass is 19.3. The summed E-state index contributed by atoms with van der Waals surface area (Å²) in [5.74, 6) is -6.33. The van der Waals surface area contributed by atoms with Crippen LogP contribution < -0.4 is 4.74 Å². The van der Waals surface area contributed by atoms with E-state index in [1.165, 1.54) is 19.2 Å². The van der Waals surface area contributed by atoms with Crippen LogP contribution in [0.25, 0.3) is 10.8 Å². The van der Waals surface area contributed by atoms with E-state index in [-0.39, 0.29) is 11.1 Å². The van der Waals surface area contributed by atoms with E-state index in [9.17, 15) is 13.6 Å². The molecule has 0 amide bonds. The predicted molar refractivity (Wildman–Crippen MR) is 62.0 cm³/mol. The van der Waals surface area contributed by atoms with Gasteiger partial charge < -0.3 is 9.84 Å². The normalized spacial score (nSPS) is 11.5. The zero-order valence-electron chi connectivity index (χ0n) is 9.48. The fourth-order valence-electron chi connectivity index (χ4n) is 1.85. The molecule has 0 saturated heterocycles. The lowest BCUT2D eigenvalue weighted by atomic mass is 9.98. The monoisotopic (exact) mass is 252 g/mol. The number of fused-ring (bicyclic) bond motifs is 1. The molecule has 0 unspecified atom stereocenters. The molecular weight excluding hydrogens is 242 g/mol. The van der Waals surface area contributed by atoms with Crippen LogP contribution in [0.1, 0.15) is 5.56 Å². The largest absolute Gasteiger partial charge is 0.496 e. The van der Waals surface area contributed by atoms with Gasteiger partial charge in [-0.25, -0.2) is 4.79 Å². The summed E-state index contributed by atoms with van der Waals surface area (Å²) in [5, 5.41) is 9.38. The number of alkyl halides is 2. The summed E-state index contributed by atoms with van der Waals surface area (Å²) in [6.07, 6.45) is 0. The number of carboxylic acid groups (broad SMARTS) is 1. The number of benzene rings is 2. The van der Waals surface area contributed by atoms with Crippen molar-refractivity contribution in [2.24, 2.45) is 0 Å². The standard InChI is InChI=1S/C13H10F2O3/c1-18-10-7-6-8-4-2-3-5-9(8)11(10)13(14,15)12(16)17/h2-7H,1H3,(H,16,17). The van der Waals surface area contributed by atoms with E-state index in [0.717, 1.165) is 0 Å². The molecular formula is C13H10F2O3. The summed E-state index contributed by atoms with van der Waals surface area (Å²) >= 11 is 0. The van der Waals surface area contributed by atoms with Crippen LogP contribution in [0.3, 0.4) is 0 Å². The second kappa shape index (κ2) is 4.25. The Morgan fingerprint density at radius 1 is 1.22 bits per heavy atom. The van der Waals surface area contributed by atoms with Gasteiger partial charge in [0.05, 0.1) is 12.7 Å². The maximum absolute atomic E-state index is 13.8. The Balaban J connectivity index is 2.85. The van der Waals surface area contributed by atoms with Gasteiger partial charge in [0.15, 0.2) is 0 Å². The number of methoxy groups -OCH3 is 1. The molecule has 0 aliphatic carbocycles. The van der Waals surface area contributed by atoms with Gasteiger partial charge in [-0.3, -0.25) is 0 Å². The average Bonchev–Trinajstić information content (AvgIpc) is 2.36. The SMILES string of the molecule is COc1ccc2ccccc2c1C(F)(F)C(=O)O.